The van der Waals surface area contributed by atoms with Gasteiger partial charge in [0, 0.05) is 18.6 Å². The minimum Gasteiger partial charge on any atom is -0.378 e. The number of ketones is 1. The van der Waals surface area contributed by atoms with E-state index in [2.05, 4.69) is 22.2 Å². The van der Waals surface area contributed by atoms with Gasteiger partial charge in [-0.2, -0.15) is 5.10 Å². The number of hydrogen-bond donors (Lipinski definition) is 0. The summed E-state index contributed by atoms with van der Waals surface area (Å²) in [5.74, 6) is 0.286. The van der Waals surface area contributed by atoms with E-state index in [-0.39, 0.29) is 11.7 Å². The molecular weight excluding hydrogens is 340 g/mol. The van der Waals surface area contributed by atoms with Crippen LogP contribution in [0, 0.1) is 5.92 Å². The number of carbonyl (C=O) groups is 1. The third-order valence-corrected chi connectivity index (χ3v) is 4.68. The highest BCUT2D eigenvalue weighted by Crippen LogP contribution is 2.32. The summed E-state index contributed by atoms with van der Waals surface area (Å²) in [5, 5.41) is 13.8. The molecule has 0 aliphatic heterocycles. The van der Waals surface area contributed by atoms with Crippen LogP contribution in [-0.2, 0) is 17.8 Å². The second kappa shape index (κ2) is 6.20. The molecule has 1 atom stereocenters. The van der Waals surface area contributed by atoms with Crippen LogP contribution in [0.1, 0.15) is 35.2 Å². The molecule has 25 heavy (non-hydrogen) atoms. The number of rotatable bonds is 3. The van der Waals surface area contributed by atoms with Crippen LogP contribution in [0.2, 0.25) is 5.02 Å². The fourth-order valence-electron chi connectivity index (χ4n) is 3.38. The quantitative estimate of drug-likeness (QED) is 0.719. The van der Waals surface area contributed by atoms with E-state index >= 15 is 0 Å². The summed E-state index contributed by atoms with van der Waals surface area (Å²) < 4.78 is 7.06. The number of halogens is 1. The molecule has 128 valence electrons. The Kier molecular flexibility index (Phi) is 4.01. The predicted octanol–water partition coefficient (Wildman–Crippen LogP) is 3.36. The number of fused-ring (bicyclic) bond motifs is 3. The van der Waals surface area contributed by atoms with Gasteiger partial charge in [0.1, 0.15) is 0 Å². The Morgan fingerprint density at radius 2 is 2.16 bits per heavy atom. The van der Waals surface area contributed by atoms with Crippen molar-refractivity contribution in [2.24, 2.45) is 5.92 Å². The van der Waals surface area contributed by atoms with Crippen molar-refractivity contribution in [3.63, 3.8) is 0 Å². The van der Waals surface area contributed by atoms with E-state index in [0.29, 0.717) is 29.4 Å². The molecule has 2 aromatic heterocycles. The molecule has 1 aliphatic rings. The SMILES string of the molecule is COCc1nn2c3c(nnc2c1-c1cccc(Cl)c1)C(=O)CC(C)C3. The standard InChI is InChI=1S/C18H17ClN4O2/c1-10-6-14-17(15(24)7-10)20-21-18-16(11-4-3-5-12(19)8-11)13(9-25-2)22-23(14)18/h3-5,8,10H,6-7,9H2,1-2H3. The van der Waals surface area contributed by atoms with Crippen LogP contribution in [0.15, 0.2) is 24.3 Å². The molecule has 0 radical (unpaired) electrons. The highest BCUT2D eigenvalue weighted by Gasteiger charge is 2.29. The summed E-state index contributed by atoms with van der Waals surface area (Å²) in [6, 6.07) is 7.53. The number of carbonyl (C=O) groups excluding carboxylic acids is 1. The summed E-state index contributed by atoms with van der Waals surface area (Å²) in [7, 11) is 1.62. The van der Waals surface area contributed by atoms with Crippen molar-refractivity contribution in [3.05, 3.63) is 46.4 Å². The lowest BCUT2D eigenvalue weighted by atomic mass is 9.90. The molecule has 0 fully saturated rings. The number of nitrogens with zero attached hydrogens (tertiary/aromatic N) is 4. The Morgan fingerprint density at radius 3 is 2.92 bits per heavy atom. The minimum absolute atomic E-state index is 0.0243. The summed E-state index contributed by atoms with van der Waals surface area (Å²) in [4.78, 5) is 12.3. The summed E-state index contributed by atoms with van der Waals surface area (Å²) >= 11 is 6.16. The summed E-state index contributed by atoms with van der Waals surface area (Å²) in [5.41, 5.74) is 4.35. The predicted molar refractivity (Wildman–Crippen MR) is 93.8 cm³/mol. The van der Waals surface area contributed by atoms with Crippen molar-refractivity contribution < 1.29 is 9.53 Å². The Morgan fingerprint density at radius 1 is 1.32 bits per heavy atom. The normalized spacial score (nSPS) is 17.1. The van der Waals surface area contributed by atoms with E-state index in [1.807, 2.05) is 24.3 Å². The monoisotopic (exact) mass is 356 g/mol. The number of Topliss-reactive ketones (excluding diaryl/α,β-unsaturated/α-hetero) is 1. The zero-order valence-electron chi connectivity index (χ0n) is 14.0. The van der Waals surface area contributed by atoms with Crippen LogP contribution in [0.3, 0.4) is 0 Å². The molecule has 0 saturated heterocycles. The topological polar surface area (TPSA) is 69.4 Å². The lowest BCUT2D eigenvalue weighted by Gasteiger charge is -2.19. The third kappa shape index (κ3) is 2.71. The highest BCUT2D eigenvalue weighted by atomic mass is 35.5. The van der Waals surface area contributed by atoms with Crippen molar-refractivity contribution in [3.8, 4) is 11.1 Å². The van der Waals surface area contributed by atoms with Gasteiger partial charge >= 0.3 is 0 Å². The van der Waals surface area contributed by atoms with Crippen LogP contribution in [0.5, 0.6) is 0 Å². The van der Waals surface area contributed by atoms with E-state index in [1.54, 1.807) is 11.6 Å². The molecule has 1 unspecified atom stereocenters. The highest BCUT2D eigenvalue weighted by molar-refractivity contribution is 6.30. The lowest BCUT2D eigenvalue weighted by molar-refractivity contribution is 0.0944. The zero-order chi connectivity index (χ0) is 17.6. The number of aromatic nitrogens is 4. The van der Waals surface area contributed by atoms with Gasteiger partial charge in [0.15, 0.2) is 17.1 Å². The van der Waals surface area contributed by atoms with Crippen LogP contribution in [0.25, 0.3) is 16.8 Å². The number of hydrogen-bond acceptors (Lipinski definition) is 5. The first-order valence-electron chi connectivity index (χ1n) is 8.13. The van der Waals surface area contributed by atoms with Gasteiger partial charge in [0.25, 0.3) is 0 Å². The van der Waals surface area contributed by atoms with Gasteiger partial charge in [-0.1, -0.05) is 30.7 Å². The number of ether oxygens (including phenoxy) is 1. The first kappa shape index (κ1) is 16.2. The summed E-state index contributed by atoms with van der Waals surface area (Å²) in [6.45, 7) is 2.40. The third-order valence-electron chi connectivity index (χ3n) is 4.44. The van der Waals surface area contributed by atoms with Crippen LogP contribution in [0.4, 0.5) is 0 Å². The largest absolute Gasteiger partial charge is 0.378 e. The molecule has 7 heteroatoms. The van der Waals surface area contributed by atoms with Gasteiger partial charge < -0.3 is 4.74 Å². The molecular formula is C18H17ClN4O2. The second-order valence-electron chi connectivity index (χ2n) is 6.43. The minimum atomic E-state index is 0.0243. The number of benzene rings is 1. The molecule has 0 saturated carbocycles. The average Bonchev–Trinajstić information content (AvgIpc) is 2.93. The van der Waals surface area contributed by atoms with E-state index in [4.69, 9.17) is 16.3 Å². The molecule has 0 spiro atoms. The first-order chi connectivity index (χ1) is 12.1. The van der Waals surface area contributed by atoms with Gasteiger partial charge in [0.2, 0.25) is 0 Å². The molecule has 4 rings (SSSR count). The Labute approximate surface area is 149 Å². The van der Waals surface area contributed by atoms with Gasteiger partial charge in [0.05, 0.1) is 23.6 Å². The van der Waals surface area contributed by atoms with Gasteiger partial charge in [-0.25, -0.2) is 4.52 Å². The van der Waals surface area contributed by atoms with E-state index in [1.165, 1.54) is 0 Å². The maximum Gasteiger partial charge on any atom is 0.185 e. The molecule has 6 nitrogen and oxygen atoms in total. The van der Waals surface area contributed by atoms with Crippen LogP contribution in [-0.4, -0.2) is 32.7 Å². The van der Waals surface area contributed by atoms with E-state index in [0.717, 1.165) is 28.9 Å². The molecule has 0 N–H and O–H groups in total. The Bertz CT molecular complexity index is 983. The van der Waals surface area contributed by atoms with Crippen LogP contribution < -0.4 is 0 Å². The van der Waals surface area contributed by atoms with Gasteiger partial charge in [-0.05, 0) is 30.0 Å². The Balaban J connectivity index is 2.01. The van der Waals surface area contributed by atoms with Crippen molar-refractivity contribution >= 4 is 23.0 Å². The first-order valence-corrected chi connectivity index (χ1v) is 8.51. The fraction of sp³-hybridized carbons (Fsp3) is 0.333. The molecule has 2 heterocycles. The zero-order valence-corrected chi connectivity index (χ0v) is 14.7. The van der Waals surface area contributed by atoms with E-state index < -0.39 is 0 Å². The molecule has 0 amide bonds. The van der Waals surface area contributed by atoms with Crippen molar-refractivity contribution in [2.45, 2.75) is 26.4 Å². The Hall–Kier alpha value is -2.31. The molecule has 0 bridgehead atoms. The van der Waals surface area contributed by atoms with Crippen molar-refractivity contribution in [2.75, 3.05) is 7.11 Å². The summed E-state index contributed by atoms with van der Waals surface area (Å²) in [6.07, 6.45) is 1.25. The van der Waals surface area contributed by atoms with Crippen molar-refractivity contribution in [1.29, 1.82) is 0 Å². The maximum absolute atomic E-state index is 12.3. The maximum atomic E-state index is 12.3. The van der Waals surface area contributed by atoms with Gasteiger partial charge in [-0.3, -0.25) is 4.79 Å². The smallest absolute Gasteiger partial charge is 0.185 e. The molecule has 3 aromatic rings. The van der Waals surface area contributed by atoms with Crippen LogP contribution >= 0.6 is 11.6 Å². The fourth-order valence-corrected chi connectivity index (χ4v) is 3.57. The average molecular weight is 357 g/mol. The van der Waals surface area contributed by atoms with Gasteiger partial charge in [-0.15, -0.1) is 10.2 Å². The second-order valence-corrected chi connectivity index (χ2v) is 6.87. The van der Waals surface area contributed by atoms with Crippen molar-refractivity contribution in [1.82, 2.24) is 19.8 Å². The molecule has 1 aliphatic carbocycles. The molecule has 1 aromatic carbocycles. The number of methoxy groups -OCH3 is 1. The lowest BCUT2D eigenvalue weighted by Crippen LogP contribution is -2.23. The van der Waals surface area contributed by atoms with E-state index in [9.17, 15) is 4.79 Å².